The van der Waals surface area contributed by atoms with Crippen molar-refractivity contribution in [2.45, 2.75) is 6.04 Å². The average Bonchev–Trinajstić information content (AvgIpc) is 3.04. The Balaban J connectivity index is 1.72. The molecule has 4 rings (SSSR count). The van der Waals surface area contributed by atoms with Crippen LogP contribution in [-0.2, 0) is 14.3 Å². The third kappa shape index (κ3) is 4.49. The molecule has 2 aromatic rings. The molecule has 8 heteroatoms. The van der Waals surface area contributed by atoms with Gasteiger partial charge in [0.05, 0.1) is 24.8 Å². The van der Waals surface area contributed by atoms with Crippen LogP contribution >= 0.6 is 11.6 Å². The summed E-state index contributed by atoms with van der Waals surface area (Å²) in [5, 5.41) is 11.4. The summed E-state index contributed by atoms with van der Waals surface area (Å²) in [7, 11) is 0. The second-order valence-corrected chi connectivity index (χ2v) is 7.94. The van der Waals surface area contributed by atoms with Gasteiger partial charge >= 0.3 is 0 Å². The molecule has 0 bridgehead atoms. The number of amides is 1. The number of ether oxygens (including phenoxy) is 1. The van der Waals surface area contributed by atoms with Gasteiger partial charge in [-0.25, -0.2) is 4.39 Å². The topological polar surface area (TPSA) is 70.1 Å². The molecule has 6 nitrogen and oxygen atoms in total. The number of ketones is 1. The Morgan fingerprint density at radius 3 is 2.32 bits per heavy atom. The monoisotopic (exact) mass is 444 g/mol. The lowest BCUT2D eigenvalue weighted by Gasteiger charge is -2.31. The highest BCUT2D eigenvalue weighted by molar-refractivity contribution is 6.46. The molecule has 1 amide bonds. The van der Waals surface area contributed by atoms with E-state index in [0.29, 0.717) is 36.9 Å². The Bertz CT molecular complexity index is 1000. The number of hydrogen-bond acceptors (Lipinski definition) is 5. The minimum atomic E-state index is -0.761. The van der Waals surface area contributed by atoms with E-state index in [9.17, 15) is 19.1 Å². The van der Waals surface area contributed by atoms with Gasteiger partial charge in [0.2, 0.25) is 0 Å². The van der Waals surface area contributed by atoms with Crippen molar-refractivity contribution >= 4 is 29.1 Å². The summed E-state index contributed by atoms with van der Waals surface area (Å²) < 4.78 is 18.7. The molecule has 2 saturated heterocycles. The lowest BCUT2D eigenvalue weighted by molar-refractivity contribution is -0.140. The van der Waals surface area contributed by atoms with E-state index in [1.807, 2.05) is 0 Å². The normalized spacial score (nSPS) is 21.6. The fraction of sp³-hybridized carbons (Fsp3) is 0.304. The smallest absolute Gasteiger partial charge is 0.295 e. The maximum absolute atomic E-state index is 13.3. The molecule has 0 spiro atoms. The Morgan fingerprint density at radius 1 is 1.03 bits per heavy atom. The van der Waals surface area contributed by atoms with Crippen molar-refractivity contribution < 1.29 is 23.8 Å². The van der Waals surface area contributed by atoms with Crippen molar-refractivity contribution in [3.8, 4) is 0 Å². The van der Waals surface area contributed by atoms with Crippen LogP contribution in [0.5, 0.6) is 0 Å². The van der Waals surface area contributed by atoms with Gasteiger partial charge in [-0.05, 0) is 42.0 Å². The van der Waals surface area contributed by atoms with E-state index in [1.54, 1.807) is 24.3 Å². The second kappa shape index (κ2) is 9.18. The summed E-state index contributed by atoms with van der Waals surface area (Å²) in [4.78, 5) is 29.5. The first kappa shape index (κ1) is 21.5. The van der Waals surface area contributed by atoms with Crippen molar-refractivity contribution in [1.29, 1.82) is 0 Å². The Kier molecular flexibility index (Phi) is 6.36. The van der Waals surface area contributed by atoms with Gasteiger partial charge in [-0.2, -0.15) is 0 Å². The van der Waals surface area contributed by atoms with E-state index in [0.717, 1.165) is 13.1 Å². The summed E-state index contributed by atoms with van der Waals surface area (Å²) >= 11 is 6.02. The Hall–Kier alpha value is -2.74. The van der Waals surface area contributed by atoms with Crippen molar-refractivity contribution in [3.63, 3.8) is 0 Å². The minimum absolute atomic E-state index is 0.0130. The van der Waals surface area contributed by atoms with Crippen LogP contribution in [-0.4, -0.2) is 66.0 Å². The molecule has 0 unspecified atom stereocenters. The summed E-state index contributed by atoms with van der Waals surface area (Å²) in [6.07, 6.45) is 0. The van der Waals surface area contributed by atoms with Crippen LogP contribution < -0.4 is 0 Å². The summed E-state index contributed by atoms with van der Waals surface area (Å²) in [6.45, 7) is 3.67. The van der Waals surface area contributed by atoms with E-state index in [4.69, 9.17) is 16.3 Å². The molecular formula is C23H22ClFN2O4. The number of aliphatic hydroxyl groups excluding tert-OH is 1. The predicted molar refractivity (Wildman–Crippen MR) is 114 cm³/mol. The fourth-order valence-electron chi connectivity index (χ4n) is 3.94. The maximum atomic E-state index is 13.3. The number of halogens is 2. The van der Waals surface area contributed by atoms with E-state index in [2.05, 4.69) is 4.90 Å². The van der Waals surface area contributed by atoms with Crippen molar-refractivity contribution in [2.24, 2.45) is 0 Å². The Morgan fingerprint density at radius 2 is 1.68 bits per heavy atom. The lowest BCUT2D eigenvalue weighted by atomic mass is 9.95. The van der Waals surface area contributed by atoms with Gasteiger partial charge < -0.3 is 14.7 Å². The zero-order valence-corrected chi connectivity index (χ0v) is 17.5. The number of rotatable bonds is 5. The van der Waals surface area contributed by atoms with Gasteiger partial charge in [0.15, 0.2) is 0 Å². The molecule has 2 fully saturated rings. The molecule has 0 radical (unpaired) electrons. The summed E-state index contributed by atoms with van der Waals surface area (Å²) in [6, 6.07) is 11.2. The largest absolute Gasteiger partial charge is 0.507 e. The van der Waals surface area contributed by atoms with Crippen molar-refractivity contribution in [1.82, 2.24) is 9.80 Å². The van der Waals surface area contributed by atoms with Crippen LogP contribution in [0.1, 0.15) is 17.2 Å². The van der Waals surface area contributed by atoms with E-state index < -0.39 is 23.5 Å². The molecule has 2 heterocycles. The lowest BCUT2D eigenvalue weighted by Crippen LogP contribution is -2.42. The summed E-state index contributed by atoms with van der Waals surface area (Å²) in [5.74, 6) is -2.22. The minimum Gasteiger partial charge on any atom is -0.507 e. The molecule has 1 atom stereocenters. The number of morpholine rings is 1. The molecule has 162 valence electrons. The molecule has 31 heavy (non-hydrogen) atoms. The molecule has 2 aromatic carbocycles. The number of benzene rings is 2. The van der Waals surface area contributed by atoms with E-state index in [-0.39, 0.29) is 16.9 Å². The van der Waals surface area contributed by atoms with Crippen LogP contribution in [0, 0.1) is 5.82 Å². The molecule has 1 N–H and O–H groups in total. The first-order chi connectivity index (χ1) is 15.0. The quantitative estimate of drug-likeness (QED) is 0.435. The molecule has 0 aliphatic carbocycles. The van der Waals surface area contributed by atoms with E-state index >= 15 is 0 Å². The number of nitrogens with zero attached hydrogens (tertiary/aromatic N) is 2. The molecule has 0 aromatic heterocycles. The third-order valence-corrected chi connectivity index (χ3v) is 5.86. The van der Waals surface area contributed by atoms with Crippen LogP contribution in [0.25, 0.3) is 5.76 Å². The number of carbonyl (C=O) groups excluding carboxylic acids is 2. The van der Waals surface area contributed by atoms with Crippen molar-refractivity contribution in [3.05, 3.63) is 76.1 Å². The van der Waals surface area contributed by atoms with Crippen LogP contribution in [0.2, 0.25) is 5.02 Å². The highest BCUT2D eigenvalue weighted by Gasteiger charge is 2.46. The number of likely N-dealkylation sites (tertiary alicyclic amines) is 1. The Labute approximate surface area is 184 Å². The first-order valence-corrected chi connectivity index (χ1v) is 10.4. The molecule has 2 aliphatic rings. The second-order valence-electron chi connectivity index (χ2n) is 7.50. The number of aliphatic hydroxyl groups is 1. The molecule has 2 aliphatic heterocycles. The van der Waals surface area contributed by atoms with Gasteiger partial charge in [-0.3, -0.25) is 14.5 Å². The SMILES string of the molecule is O=C1C(=O)N(CCN2CCOCC2)[C@@H](c2ccc(Cl)cc2)/C1=C(\O)c1ccc(F)cc1. The van der Waals surface area contributed by atoms with Gasteiger partial charge in [-0.1, -0.05) is 23.7 Å². The number of Topliss-reactive ketones (excluding diaryl/α,β-unsaturated/α-hetero) is 1. The van der Waals surface area contributed by atoms with Crippen molar-refractivity contribution in [2.75, 3.05) is 39.4 Å². The summed E-state index contributed by atoms with van der Waals surface area (Å²) in [5.41, 5.74) is 0.918. The molecule has 0 saturated carbocycles. The number of hydrogen-bond donors (Lipinski definition) is 1. The highest BCUT2D eigenvalue weighted by atomic mass is 35.5. The number of carbonyl (C=O) groups is 2. The highest BCUT2D eigenvalue weighted by Crippen LogP contribution is 2.39. The zero-order chi connectivity index (χ0) is 22.0. The molecular weight excluding hydrogens is 423 g/mol. The van der Waals surface area contributed by atoms with Gasteiger partial charge in [-0.15, -0.1) is 0 Å². The average molecular weight is 445 g/mol. The van der Waals surface area contributed by atoms with Crippen LogP contribution in [0.3, 0.4) is 0 Å². The van der Waals surface area contributed by atoms with Gasteiger partial charge in [0.1, 0.15) is 11.6 Å². The van der Waals surface area contributed by atoms with Gasteiger partial charge in [0, 0.05) is 36.8 Å². The van der Waals surface area contributed by atoms with Crippen LogP contribution in [0.4, 0.5) is 4.39 Å². The maximum Gasteiger partial charge on any atom is 0.295 e. The first-order valence-electron chi connectivity index (χ1n) is 10.1. The fourth-order valence-corrected chi connectivity index (χ4v) is 4.07. The zero-order valence-electron chi connectivity index (χ0n) is 16.8. The predicted octanol–water partition coefficient (Wildman–Crippen LogP) is 3.23. The van der Waals surface area contributed by atoms with Gasteiger partial charge in [0.25, 0.3) is 11.7 Å². The van der Waals surface area contributed by atoms with E-state index in [1.165, 1.54) is 29.2 Å². The van der Waals surface area contributed by atoms with Crippen LogP contribution in [0.15, 0.2) is 54.1 Å². The standard InChI is InChI=1S/C23H22ClFN2O4/c24-17-5-1-15(2-6-17)20-19(21(28)16-3-7-18(25)8-4-16)22(29)23(30)27(20)10-9-26-11-13-31-14-12-26/h1-8,20,28H,9-14H2/b21-19+/t20-/m0/s1. The third-order valence-electron chi connectivity index (χ3n) is 5.60.